The summed E-state index contributed by atoms with van der Waals surface area (Å²) in [5.74, 6) is 2.56. The Labute approximate surface area is 107 Å². The molecule has 5 heteroatoms. The van der Waals surface area contributed by atoms with Gasteiger partial charge in [0.25, 0.3) is 0 Å². The molecule has 0 saturated heterocycles. The molecular formula is C13H18N4O. The first kappa shape index (κ1) is 12.6. The van der Waals surface area contributed by atoms with E-state index >= 15 is 0 Å². The molecule has 5 nitrogen and oxygen atoms in total. The van der Waals surface area contributed by atoms with E-state index in [9.17, 15) is 0 Å². The highest BCUT2D eigenvalue weighted by Gasteiger charge is 2.15. The van der Waals surface area contributed by atoms with E-state index in [1.165, 1.54) is 0 Å². The van der Waals surface area contributed by atoms with Crippen LogP contribution in [0.25, 0.3) is 5.69 Å². The Kier molecular flexibility index (Phi) is 3.62. The third kappa shape index (κ3) is 2.22. The Hall–Kier alpha value is -1.88. The number of para-hydroxylation sites is 2. The minimum absolute atomic E-state index is 0.270. The van der Waals surface area contributed by atoms with Crippen LogP contribution in [-0.2, 0) is 6.54 Å². The number of hydrogen-bond donors (Lipinski definition) is 1. The van der Waals surface area contributed by atoms with E-state index < -0.39 is 0 Å². The van der Waals surface area contributed by atoms with Gasteiger partial charge in [0, 0.05) is 5.92 Å². The first-order valence-electron chi connectivity index (χ1n) is 5.96. The lowest BCUT2D eigenvalue weighted by Crippen LogP contribution is -2.09. The van der Waals surface area contributed by atoms with Gasteiger partial charge in [0.2, 0.25) is 0 Å². The number of nitrogens with two attached hydrogens (primary N) is 1. The highest BCUT2D eigenvalue weighted by Crippen LogP contribution is 2.23. The summed E-state index contributed by atoms with van der Waals surface area (Å²) in [4.78, 5) is 4.45. The average Bonchev–Trinajstić information content (AvgIpc) is 2.82. The van der Waals surface area contributed by atoms with E-state index in [0.717, 1.165) is 23.1 Å². The second-order valence-electron chi connectivity index (χ2n) is 4.33. The Morgan fingerprint density at radius 1 is 1.33 bits per heavy atom. The standard InChI is InChI=1S/C13H18N4O/c1-9(2)13-15-12(8-14)17(16-13)10-6-4-5-7-11(10)18-3/h4-7,9H,8,14H2,1-3H3. The van der Waals surface area contributed by atoms with Crippen LogP contribution >= 0.6 is 0 Å². The van der Waals surface area contributed by atoms with Crippen LogP contribution in [0.5, 0.6) is 5.75 Å². The normalized spacial score (nSPS) is 10.9. The lowest BCUT2D eigenvalue weighted by Gasteiger charge is -2.09. The summed E-state index contributed by atoms with van der Waals surface area (Å²) in [7, 11) is 1.64. The van der Waals surface area contributed by atoms with Crippen LogP contribution in [0, 0.1) is 0 Å². The molecule has 0 aliphatic carbocycles. The number of ether oxygens (including phenoxy) is 1. The lowest BCUT2D eigenvalue weighted by atomic mass is 10.2. The maximum atomic E-state index is 5.73. The molecule has 2 N–H and O–H groups in total. The summed E-state index contributed by atoms with van der Waals surface area (Å²) < 4.78 is 7.10. The third-order valence-electron chi connectivity index (χ3n) is 2.70. The van der Waals surface area contributed by atoms with Crippen molar-refractivity contribution >= 4 is 0 Å². The van der Waals surface area contributed by atoms with Crippen LogP contribution in [0.2, 0.25) is 0 Å². The number of methoxy groups -OCH3 is 1. The highest BCUT2D eigenvalue weighted by atomic mass is 16.5. The van der Waals surface area contributed by atoms with Gasteiger partial charge in [-0.2, -0.15) is 5.10 Å². The summed E-state index contributed by atoms with van der Waals surface area (Å²) in [5.41, 5.74) is 6.59. The van der Waals surface area contributed by atoms with Crippen LogP contribution in [0.4, 0.5) is 0 Å². The van der Waals surface area contributed by atoms with Crippen molar-refractivity contribution in [1.29, 1.82) is 0 Å². The molecule has 2 rings (SSSR count). The van der Waals surface area contributed by atoms with E-state index in [1.54, 1.807) is 11.8 Å². The van der Waals surface area contributed by atoms with Gasteiger partial charge in [0.1, 0.15) is 17.3 Å². The topological polar surface area (TPSA) is 66.0 Å². The second kappa shape index (κ2) is 5.18. The molecule has 0 saturated carbocycles. The molecule has 0 spiro atoms. The summed E-state index contributed by atoms with van der Waals surface area (Å²) >= 11 is 0. The van der Waals surface area contributed by atoms with Gasteiger partial charge in [-0.05, 0) is 12.1 Å². The van der Waals surface area contributed by atoms with Crippen molar-refractivity contribution in [2.24, 2.45) is 5.73 Å². The Bertz CT molecular complexity index is 534. The Morgan fingerprint density at radius 2 is 2.06 bits per heavy atom. The van der Waals surface area contributed by atoms with Crippen molar-refractivity contribution in [1.82, 2.24) is 14.8 Å². The molecule has 0 radical (unpaired) electrons. The zero-order valence-electron chi connectivity index (χ0n) is 10.9. The van der Waals surface area contributed by atoms with Crippen molar-refractivity contribution in [3.8, 4) is 11.4 Å². The number of rotatable bonds is 4. The smallest absolute Gasteiger partial charge is 0.153 e. The molecule has 0 bridgehead atoms. The molecule has 18 heavy (non-hydrogen) atoms. The van der Waals surface area contributed by atoms with E-state index in [0.29, 0.717) is 6.54 Å². The van der Waals surface area contributed by atoms with Crippen LogP contribution in [0.3, 0.4) is 0 Å². The number of aromatic nitrogens is 3. The molecule has 0 aliphatic rings. The minimum atomic E-state index is 0.270. The Balaban J connectivity index is 2.55. The van der Waals surface area contributed by atoms with Crippen molar-refractivity contribution < 1.29 is 4.74 Å². The van der Waals surface area contributed by atoms with Crippen LogP contribution < -0.4 is 10.5 Å². The minimum Gasteiger partial charge on any atom is -0.494 e. The van der Waals surface area contributed by atoms with Crippen molar-refractivity contribution in [3.05, 3.63) is 35.9 Å². The summed E-state index contributed by atoms with van der Waals surface area (Å²) in [6.45, 7) is 4.46. The number of hydrogen-bond acceptors (Lipinski definition) is 4. The summed E-state index contributed by atoms with van der Waals surface area (Å²) in [6, 6.07) is 7.70. The maximum absolute atomic E-state index is 5.73. The maximum Gasteiger partial charge on any atom is 0.153 e. The lowest BCUT2D eigenvalue weighted by molar-refractivity contribution is 0.411. The molecule has 0 atom stereocenters. The van der Waals surface area contributed by atoms with Crippen LogP contribution in [0.1, 0.15) is 31.4 Å². The van der Waals surface area contributed by atoms with Crippen LogP contribution in [0.15, 0.2) is 24.3 Å². The fraction of sp³-hybridized carbons (Fsp3) is 0.385. The monoisotopic (exact) mass is 246 g/mol. The van der Waals surface area contributed by atoms with Gasteiger partial charge in [-0.25, -0.2) is 9.67 Å². The molecule has 0 unspecified atom stereocenters. The predicted molar refractivity (Wildman–Crippen MR) is 69.9 cm³/mol. The van der Waals surface area contributed by atoms with E-state index in [1.807, 2.05) is 24.3 Å². The highest BCUT2D eigenvalue weighted by molar-refractivity contribution is 5.46. The van der Waals surface area contributed by atoms with E-state index in [2.05, 4.69) is 23.9 Å². The fourth-order valence-corrected chi connectivity index (χ4v) is 1.74. The molecule has 1 aromatic carbocycles. The molecule has 0 fully saturated rings. The van der Waals surface area contributed by atoms with Crippen LogP contribution in [-0.4, -0.2) is 21.9 Å². The largest absolute Gasteiger partial charge is 0.494 e. The van der Waals surface area contributed by atoms with Gasteiger partial charge in [-0.1, -0.05) is 26.0 Å². The van der Waals surface area contributed by atoms with E-state index in [4.69, 9.17) is 10.5 Å². The van der Waals surface area contributed by atoms with Gasteiger partial charge in [-0.15, -0.1) is 0 Å². The van der Waals surface area contributed by atoms with Gasteiger partial charge in [0.15, 0.2) is 5.82 Å². The first-order chi connectivity index (χ1) is 8.67. The fourth-order valence-electron chi connectivity index (χ4n) is 1.74. The molecule has 0 amide bonds. The molecule has 1 heterocycles. The molecule has 2 aromatic rings. The third-order valence-corrected chi connectivity index (χ3v) is 2.70. The van der Waals surface area contributed by atoms with Gasteiger partial charge in [-0.3, -0.25) is 0 Å². The molecule has 1 aromatic heterocycles. The Morgan fingerprint density at radius 3 is 2.67 bits per heavy atom. The van der Waals surface area contributed by atoms with Crippen molar-refractivity contribution in [2.75, 3.05) is 7.11 Å². The first-order valence-corrected chi connectivity index (χ1v) is 5.96. The van der Waals surface area contributed by atoms with Gasteiger partial charge in [0.05, 0.1) is 13.7 Å². The van der Waals surface area contributed by atoms with E-state index in [-0.39, 0.29) is 5.92 Å². The zero-order chi connectivity index (χ0) is 13.1. The zero-order valence-corrected chi connectivity index (χ0v) is 10.9. The predicted octanol–water partition coefficient (Wildman–Crippen LogP) is 1.86. The second-order valence-corrected chi connectivity index (χ2v) is 4.33. The number of nitrogens with zero attached hydrogens (tertiary/aromatic N) is 3. The molecule has 0 aliphatic heterocycles. The average molecular weight is 246 g/mol. The molecular weight excluding hydrogens is 228 g/mol. The summed E-state index contributed by atoms with van der Waals surface area (Å²) in [6.07, 6.45) is 0. The van der Waals surface area contributed by atoms with Crippen molar-refractivity contribution in [3.63, 3.8) is 0 Å². The number of benzene rings is 1. The SMILES string of the molecule is COc1ccccc1-n1nc(C(C)C)nc1CN. The van der Waals surface area contributed by atoms with Crippen molar-refractivity contribution in [2.45, 2.75) is 26.3 Å². The quantitative estimate of drug-likeness (QED) is 0.894. The van der Waals surface area contributed by atoms with Gasteiger partial charge < -0.3 is 10.5 Å². The van der Waals surface area contributed by atoms with Gasteiger partial charge >= 0.3 is 0 Å². The molecule has 96 valence electrons. The summed E-state index contributed by atoms with van der Waals surface area (Å²) in [5, 5.41) is 4.50.